The fourth-order valence-electron chi connectivity index (χ4n) is 3.47. The number of aromatic nitrogens is 3. The highest BCUT2D eigenvalue weighted by Gasteiger charge is 2.20. The summed E-state index contributed by atoms with van der Waals surface area (Å²) in [5, 5.41) is 3.85. The molecule has 0 aliphatic carbocycles. The van der Waals surface area contributed by atoms with Gasteiger partial charge in [-0.3, -0.25) is 14.0 Å². The van der Waals surface area contributed by atoms with Gasteiger partial charge in [0.05, 0.1) is 5.39 Å². The number of nitrogens with one attached hydrogen (secondary N) is 1. The summed E-state index contributed by atoms with van der Waals surface area (Å²) in [6.07, 6.45) is 2.36. The van der Waals surface area contributed by atoms with Crippen molar-refractivity contribution >= 4 is 39.9 Å². The number of rotatable bonds is 6. The molecule has 1 amide bonds. The molecule has 154 valence electrons. The first-order chi connectivity index (χ1) is 14.5. The number of ether oxygens (including phenoxy) is 1. The molecule has 1 aromatic carbocycles. The Labute approximate surface area is 177 Å². The van der Waals surface area contributed by atoms with Gasteiger partial charge >= 0.3 is 0 Å². The summed E-state index contributed by atoms with van der Waals surface area (Å²) in [5.74, 6) is -0.321. The second-order valence-electron chi connectivity index (χ2n) is 7.03. The molecule has 0 saturated heterocycles. The minimum Gasteiger partial charge on any atom is -0.385 e. The number of pyridine rings is 1. The number of nitrogens with zero attached hydrogens (tertiary/aromatic N) is 3. The molecule has 4 aromatic rings. The van der Waals surface area contributed by atoms with Crippen molar-refractivity contribution in [2.24, 2.45) is 0 Å². The molecule has 0 atom stereocenters. The molecule has 8 heteroatoms. The summed E-state index contributed by atoms with van der Waals surface area (Å²) in [7, 11) is 1.63. The molecule has 0 spiro atoms. The summed E-state index contributed by atoms with van der Waals surface area (Å²) in [5.41, 5.74) is 2.73. The third-order valence-electron chi connectivity index (χ3n) is 4.96. The molecule has 0 unspecified atom stereocenters. The molecule has 30 heavy (non-hydrogen) atoms. The van der Waals surface area contributed by atoms with Crippen molar-refractivity contribution in [3.8, 4) is 0 Å². The van der Waals surface area contributed by atoms with Crippen molar-refractivity contribution in [2.45, 2.75) is 19.9 Å². The van der Waals surface area contributed by atoms with Crippen molar-refractivity contribution in [2.75, 3.05) is 19.0 Å². The van der Waals surface area contributed by atoms with E-state index in [2.05, 4.69) is 5.32 Å². The van der Waals surface area contributed by atoms with Gasteiger partial charge in [0.25, 0.3) is 11.5 Å². The number of hydrogen-bond donors (Lipinski definition) is 1. The zero-order valence-electron chi connectivity index (χ0n) is 16.7. The van der Waals surface area contributed by atoms with Crippen LogP contribution in [0.2, 0.25) is 5.02 Å². The molecule has 0 aliphatic heterocycles. The van der Waals surface area contributed by atoms with E-state index in [1.165, 1.54) is 4.40 Å². The van der Waals surface area contributed by atoms with Gasteiger partial charge in [0.1, 0.15) is 17.0 Å². The van der Waals surface area contributed by atoms with Crippen LogP contribution in [-0.4, -0.2) is 33.6 Å². The number of aryl methyl sites for hydroxylation is 2. The number of amides is 1. The summed E-state index contributed by atoms with van der Waals surface area (Å²) in [6, 6.07) is 12.2. The highest BCUT2D eigenvalue weighted by atomic mass is 35.5. The minimum atomic E-state index is -0.321. The molecular weight excluding hydrogens is 404 g/mol. The average Bonchev–Trinajstić information content (AvgIpc) is 3.10. The van der Waals surface area contributed by atoms with E-state index in [1.54, 1.807) is 54.3 Å². The van der Waals surface area contributed by atoms with E-state index in [0.717, 1.165) is 5.56 Å². The first kappa shape index (κ1) is 20.1. The number of hydrogen-bond acceptors (Lipinski definition) is 4. The van der Waals surface area contributed by atoms with Crippen molar-refractivity contribution in [1.29, 1.82) is 0 Å². The van der Waals surface area contributed by atoms with Crippen LogP contribution in [0.3, 0.4) is 0 Å². The van der Waals surface area contributed by atoms with E-state index in [9.17, 15) is 9.59 Å². The fourth-order valence-corrected chi connectivity index (χ4v) is 3.60. The molecule has 7 nitrogen and oxygen atoms in total. The Morgan fingerprint density at radius 3 is 2.70 bits per heavy atom. The van der Waals surface area contributed by atoms with Crippen molar-refractivity contribution in [3.05, 3.63) is 75.3 Å². The maximum atomic E-state index is 13.1. The number of methoxy groups -OCH3 is 1. The van der Waals surface area contributed by atoms with Crippen LogP contribution >= 0.6 is 11.6 Å². The number of halogens is 1. The van der Waals surface area contributed by atoms with E-state index < -0.39 is 0 Å². The third kappa shape index (κ3) is 3.69. The topological polar surface area (TPSA) is 77.6 Å². The van der Waals surface area contributed by atoms with Crippen LogP contribution in [0, 0.1) is 6.92 Å². The highest BCUT2D eigenvalue weighted by molar-refractivity contribution is 6.30. The van der Waals surface area contributed by atoms with Crippen molar-refractivity contribution in [1.82, 2.24) is 14.0 Å². The smallest absolute Gasteiger partial charge is 0.272 e. The SMILES string of the molecule is COCCCn1c(C(=O)Nc2ccc(Cl)cc2)cc2c(=O)n3cccc(C)c3nc21. The summed E-state index contributed by atoms with van der Waals surface area (Å²) >= 11 is 5.92. The fraction of sp³-hybridized carbons (Fsp3) is 0.227. The lowest BCUT2D eigenvalue weighted by Crippen LogP contribution is -2.18. The number of benzene rings is 1. The molecule has 0 fully saturated rings. The van der Waals surface area contributed by atoms with Gasteiger partial charge < -0.3 is 14.6 Å². The summed E-state index contributed by atoms with van der Waals surface area (Å²) in [4.78, 5) is 30.9. The van der Waals surface area contributed by atoms with Crippen LogP contribution in [0.25, 0.3) is 16.7 Å². The summed E-state index contributed by atoms with van der Waals surface area (Å²) < 4.78 is 8.46. The maximum Gasteiger partial charge on any atom is 0.272 e. The van der Waals surface area contributed by atoms with Crippen LogP contribution < -0.4 is 10.9 Å². The van der Waals surface area contributed by atoms with E-state index in [1.807, 2.05) is 13.0 Å². The van der Waals surface area contributed by atoms with Crippen LogP contribution in [0.1, 0.15) is 22.5 Å². The van der Waals surface area contributed by atoms with E-state index in [-0.39, 0.29) is 11.5 Å². The lowest BCUT2D eigenvalue weighted by atomic mass is 10.2. The zero-order valence-corrected chi connectivity index (χ0v) is 17.4. The average molecular weight is 425 g/mol. The molecule has 0 aliphatic rings. The quantitative estimate of drug-likeness (QED) is 0.476. The predicted molar refractivity (Wildman–Crippen MR) is 118 cm³/mol. The Bertz CT molecular complexity index is 1290. The Morgan fingerprint density at radius 1 is 1.20 bits per heavy atom. The van der Waals surface area contributed by atoms with Gasteiger partial charge in [-0.15, -0.1) is 0 Å². The standard InChI is InChI=1S/C22H21ClN4O3/c1-14-5-3-10-27-19(14)25-20-17(22(27)29)13-18(26(20)11-4-12-30-2)21(28)24-16-8-6-15(23)7-9-16/h3,5-10,13H,4,11-12H2,1-2H3,(H,24,28). The monoisotopic (exact) mass is 424 g/mol. The highest BCUT2D eigenvalue weighted by Crippen LogP contribution is 2.20. The molecule has 4 rings (SSSR count). The molecule has 1 N–H and O–H groups in total. The van der Waals surface area contributed by atoms with Crippen molar-refractivity contribution < 1.29 is 9.53 Å². The minimum absolute atomic E-state index is 0.204. The first-order valence-corrected chi connectivity index (χ1v) is 9.94. The van der Waals surface area contributed by atoms with Gasteiger partial charge in [0, 0.05) is 37.2 Å². The second-order valence-corrected chi connectivity index (χ2v) is 7.46. The van der Waals surface area contributed by atoms with E-state index in [0.29, 0.717) is 52.7 Å². The Hall–Kier alpha value is -3.16. The summed E-state index contributed by atoms with van der Waals surface area (Å²) in [6.45, 7) is 2.93. The largest absolute Gasteiger partial charge is 0.385 e. The van der Waals surface area contributed by atoms with Crippen LogP contribution in [-0.2, 0) is 11.3 Å². The Morgan fingerprint density at radius 2 is 1.97 bits per heavy atom. The maximum absolute atomic E-state index is 13.1. The second kappa shape index (κ2) is 8.30. The number of anilines is 1. The van der Waals surface area contributed by atoms with Gasteiger partial charge in [-0.05, 0) is 55.3 Å². The van der Waals surface area contributed by atoms with Crippen LogP contribution in [0.5, 0.6) is 0 Å². The number of carbonyl (C=O) groups is 1. The van der Waals surface area contributed by atoms with Crippen LogP contribution in [0.4, 0.5) is 5.69 Å². The first-order valence-electron chi connectivity index (χ1n) is 9.56. The zero-order chi connectivity index (χ0) is 21.3. The van der Waals surface area contributed by atoms with Gasteiger partial charge in [-0.1, -0.05) is 17.7 Å². The van der Waals surface area contributed by atoms with Gasteiger partial charge in [0.15, 0.2) is 0 Å². The number of carbonyl (C=O) groups excluding carboxylic acids is 1. The van der Waals surface area contributed by atoms with Gasteiger partial charge in [0.2, 0.25) is 0 Å². The van der Waals surface area contributed by atoms with E-state index >= 15 is 0 Å². The molecule has 0 saturated carbocycles. The molecule has 3 heterocycles. The molecule has 3 aromatic heterocycles. The Kier molecular flexibility index (Phi) is 5.57. The lowest BCUT2D eigenvalue weighted by Gasteiger charge is -2.11. The van der Waals surface area contributed by atoms with Crippen molar-refractivity contribution in [3.63, 3.8) is 0 Å². The Balaban J connectivity index is 1.85. The molecule has 0 bridgehead atoms. The normalized spacial score (nSPS) is 11.3. The predicted octanol–water partition coefficient (Wildman–Crippen LogP) is 3.90. The van der Waals surface area contributed by atoms with Gasteiger partial charge in [-0.25, -0.2) is 4.98 Å². The third-order valence-corrected chi connectivity index (χ3v) is 5.21. The molecule has 0 radical (unpaired) electrons. The van der Waals surface area contributed by atoms with Gasteiger partial charge in [-0.2, -0.15) is 0 Å². The number of fused-ring (bicyclic) bond motifs is 2. The van der Waals surface area contributed by atoms with E-state index in [4.69, 9.17) is 21.3 Å². The lowest BCUT2D eigenvalue weighted by molar-refractivity contribution is 0.101. The van der Waals surface area contributed by atoms with Crippen LogP contribution in [0.15, 0.2) is 53.5 Å². The molecular formula is C22H21ClN4O3.